The number of rotatable bonds is 2. The summed E-state index contributed by atoms with van der Waals surface area (Å²) in [6.07, 6.45) is 6.85. The number of hydrogen-bond acceptors (Lipinski definition) is 2. The first-order chi connectivity index (χ1) is 8.20. The SMILES string of the molecule is COc1ccc(C)cc1C1=CC(N)CCCC1. The van der Waals surface area contributed by atoms with Gasteiger partial charge in [0.05, 0.1) is 7.11 Å². The molecule has 1 aliphatic carbocycles. The van der Waals surface area contributed by atoms with Crippen molar-refractivity contribution in [1.82, 2.24) is 0 Å². The minimum atomic E-state index is 0.192. The van der Waals surface area contributed by atoms with Crippen LogP contribution in [0.25, 0.3) is 5.57 Å². The third-order valence-corrected chi connectivity index (χ3v) is 3.35. The summed E-state index contributed by atoms with van der Waals surface area (Å²) < 4.78 is 5.45. The third kappa shape index (κ3) is 2.89. The Kier molecular flexibility index (Phi) is 3.85. The standard InChI is InChI=1S/C15H21NO/c1-11-7-8-15(17-2)14(9-11)12-5-3-4-6-13(16)10-12/h7-10,13H,3-6,16H2,1-2H3. The van der Waals surface area contributed by atoms with Crippen LogP contribution >= 0.6 is 0 Å². The second kappa shape index (κ2) is 5.37. The first-order valence-electron chi connectivity index (χ1n) is 6.32. The molecule has 0 amide bonds. The number of hydrogen-bond donors (Lipinski definition) is 1. The molecule has 0 spiro atoms. The van der Waals surface area contributed by atoms with E-state index in [1.165, 1.54) is 29.5 Å². The van der Waals surface area contributed by atoms with Gasteiger partial charge in [-0.3, -0.25) is 0 Å². The second-order valence-electron chi connectivity index (χ2n) is 4.81. The summed E-state index contributed by atoms with van der Waals surface area (Å²) in [5, 5.41) is 0. The Balaban J connectivity index is 2.40. The summed E-state index contributed by atoms with van der Waals surface area (Å²) in [6.45, 7) is 2.11. The fraction of sp³-hybridized carbons (Fsp3) is 0.467. The van der Waals surface area contributed by atoms with Crippen molar-refractivity contribution < 1.29 is 4.74 Å². The van der Waals surface area contributed by atoms with E-state index in [0.717, 1.165) is 18.6 Å². The highest BCUT2D eigenvalue weighted by Gasteiger charge is 2.13. The molecule has 0 aliphatic heterocycles. The van der Waals surface area contributed by atoms with Gasteiger partial charge in [0.15, 0.2) is 0 Å². The molecule has 1 aromatic rings. The molecule has 2 heteroatoms. The Labute approximate surface area is 103 Å². The molecular weight excluding hydrogens is 210 g/mol. The minimum Gasteiger partial charge on any atom is -0.496 e. The average molecular weight is 231 g/mol. The van der Waals surface area contributed by atoms with Crippen molar-refractivity contribution in [3.05, 3.63) is 35.4 Å². The molecule has 0 saturated heterocycles. The van der Waals surface area contributed by atoms with E-state index >= 15 is 0 Å². The Morgan fingerprint density at radius 1 is 1.29 bits per heavy atom. The van der Waals surface area contributed by atoms with Gasteiger partial charge in [-0.25, -0.2) is 0 Å². The molecule has 1 atom stereocenters. The van der Waals surface area contributed by atoms with Gasteiger partial charge in [0, 0.05) is 11.6 Å². The number of nitrogens with two attached hydrogens (primary N) is 1. The van der Waals surface area contributed by atoms with E-state index in [0.29, 0.717) is 0 Å². The van der Waals surface area contributed by atoms with E-state index < -0.39 is 0 Å². The highest BCUT2D eigenvalue weighted by molar-refractivity contribution is 5.71. The normalized spacial score (nSPS) is 20.6. The van der Waals surface area contributed by atoms with Gasteiger partial charge in [-0.2, -0.15) is 0 Å². The molecule has 0 heterocycles. The van der Waals surface area contributed by atoms with Crippen LogP contribution in [0.15, 0.2) is 24.3 Å². The van der Waals surface area contributed by atoms with E-state index in [9.17, 15) is 0 Å². The molecule has 2 nitrogen and oxygen atoms in total. The van der Waals surface area contributed by atoms with Crippen LogP contribution in [0.2, 0.25) is 0 Å². The van der Waals surface area contributed by atoms with Gasteiger partial charge >= 0.3 is 0 Å². The van der Waals surface area contributed by atoms with Crippen molar-refractivity contribution in [3.63, 3.8) is 0 Å². The highest BCUT2D eigenvalue weighted by atomic mass is 16.5. The highest BCUT2D eigenvalue weighted by Crippen LogP contribution is 2.32. The van der Waals surface area contributed by atoms with E-state index in [1.807, 2.05) is 6.07 Å². The zero-order valence-corrected chi connectivity index (χ0v) is 10.7. The van der Waals surface area contributed by atoms with Crippen LogP contribution in [0.4, 0.5) is 0 Å². The van der Waals surface area contributed by atoms with E-state index in [1.54, 1.807) is 7.11 Å². The van der Waals surface area contributed by atoms with Crippen LogP contribution in [-0.4, -0.2) is 13.2 Å². The lowest BCUT2D eigenvalue weighted by Crippen LogP contribution is -2.15. The number of benzene rings is 1. The Morgan fingerprint density at radius 3 is 2.88 bits per heavy atom. The molecule has 2 rings (SSSR count). The smallest absolute Gasteiger partial charge is 0.126 e. The number of aryl methyl sites for hydroxylation is 1. The number of ether oxygens (including phenoxy) is 1. The molecule has 0 bridgehead atoms. The Hall–Kier alpha value is -1.28. The maximum Gasteiger partial charge on any atom is 0.126 e. The summed E-state index contributed by atoms with van der Waals surface area (Å²) in [7, 11) is 1.73. The van der Waals surface area contributed by atoms with E-state index in [2.05, 4.69) is 25.1 Å². The molecule has 0 saturated carbocycles. The summed E-state index contributed by atoms with van der Waals surface area (Å²) in [4.78, 5) is 0. The molecule has 92 valence electrons. The number of allylic oxidation sites excluding steroid dienone is 1. The molecule has 2 N–H and O–H groups in total. The van der Waals surface area contributed by atoms with Gasteiger partial charge in [0.2, 0.25) is 0 Å². The monoisotopic (exact) mass is 231 g/mol. The van der Waals surface area contributed by atoms with Crippen molar-refractivity contribution >= 4 is 5.57 Å². The largest absolute Gasteiger partial charge is 0.496 e. The first kappa shape index (κ1) is 12.2. The lowest BCUT2D eigenvalue weighted by Gasteiger charge is -2.13. The number of methoxy groups -OCH3 is 1. The van der Waals surface area contributed by atoms with Gasteiger partial charge in [-0.1, -0.05) is 24.1 Å². The Bertz CT molecular complexity index is 423. The van der Waals surface area contributed by atoms with Gasteiger partial charge in [0.25, 0.3) is 0 Å². The molecule has 0 fully saturated rings. The van der Waals surface area contributed by atoms with Crippen molar-refractivity contribution in [3.8, 4) is 5.75 Å². The molecule has 1 unspecified atom stereocenters. The van der Waals surface area contributed by atoms with Gasteiger partial charge in [-0.15, -0.1) is 0 Å². The quantitative estimate of drug-likeness (QED) is 0.847. The van der Waals surface area contributed by atoms with Gasteiger partial charge in [-0.05, 0) is 43.9 Å². The molecule has 0 radical (unpaired) electrons. The fourth-order valence-electron chi connectivity index (χ4n) is 2.42. The zero-order valence-electron chi connectivity index (χ0n) is 10.7. The van der Waals surface area contributed by atoms with E-state index in [-0.39, 0.29) is 6.04 Å². The van der Waals surface area contributed by atoms with Gasteiger partial charge < -0.3 is 10.5 Å². The van der Waals surface area contributed by atoms with Crippen LogP contribution in [-0.2, 0) is 0 Å². The molecule has 17 heavy (non-hydrogen) atoms. The third-order valence-electron chi connectivity index (χ3n) is 3.35. The van der Waals surface area contributed by atoms with Crippen molar-refractivity contribution in [1.29, 1.82) is 0 Å². The fourth-order valence-corrected chi connectivity index (χ4v) is 2.42. The topological polar surface area (TPSA) is 35.2 Å². The van der Waals surface area contributed by atoms with Crippen LogP contribution in [0, 0.1) is 6.92 Å². The molecule has 1 aromatic carbocycles. The van der Waals surface area contributed by atoms with Crippen molar-refractivity contribution in [2.75, 3.05) is 7.11 Å². The van der Waals surface area contributed by atoms with E-state index in [4.69, 9.17) is 10.5 Å². The second-order valence-corrected chi connectivity index (χ2v) is 4.81. The van der Waals surface area contributed by atoms with Crippen LogP contribution in [0.5, 0.6) is 5.75 Å². The lowest BCUT2D eigenvalue weighted by atomic mass is 9.98. The van der Waals surface area contributed by atoms with Gasteiger partial charge in [0.1, 0.15) is 5.75 Å². The first-order valence-corrected chi connectivity index (χ1v) is 6.32. The summed E-state index contributed by atoms with van der Waals surface area (Å²) in [5.41, 5.74) is 9.89. The van der Waals surface area contributed by atoms with Crippen molar-refractivity contribution in [2.24, 2.45) is 5.73 Å². The van der Waals surface area contributed by atoms with Crippen molar-refractivity contribution in [2.45, 2.75) is 38.6 Å². The predicted molar refractivity (Wildman–Crippen MR) is 72.2 cm³/mol. The Morgan fingerprint density at radius 2 is 2.12 bits per heavy atom. The summed E-state index contributed by atoms with van der Waals surface area (Å²) in [5.74, 6) is 0.955. The predicted octanol–water partition coefficient (Wildman–Crippen LogP) is 3.29. The zero-order chi connectivity index (χ0) is 12.3. The molecule has 0 aromatic heterocycles. The van der Waals surface area contributed by atoms with Crippen LogP contribution in [0.3, 0.4) is 0 Å². The summed E-state index contributed by atoms with van der Waals surface area (Å²) in [6, 6.07) is 6.52. The van der Waals surface area contributed by atoms with Crippen LogP contribution < -0.4 is 10.5 Å². The molecule has 1 aliphatic rings. The lowest BCUT2D eigenvalue weighted by molar-refractivity contribution is 0.413. The maximum atomic E-state index is 6.07. The maximum absolute atomic E-state index is 6.07. The molecular formula is C15H21NO. The summed E-state index contributed by atoms with van der Waals surface area (Å²) >= 11 is 0. The van der Waals surface area contributed by atoms with Crippen LogP contribution in [0.1, 0.15) is 36.8 Å². The average Bonchev–Trinajstić information content (AvgIpc) is 2.54. The minimum absolute atomic E-state index is 0.192.